The maximum absolute atomic E-state index is 10.5. The minimum atomic E-state index is 0.0663. The third-order valence-electron chi connectivity index (χ3n) is 1.25. The van der Waals surface area contributed by atoms with Gasteiger partial charge >= 0.3 is 0 Å². The van der Waals surface area contributed by atoms with Gasteiger partial charge in [0.1, 0.15) is 5.76 Å². The van der Waals surface area contributed by atoms with E-state index < -0.39 is 0 Å². The van der Waals surface area contributed by atoms with Crippen LogP contribution in [0.25, 0.3) is 0 Å². The molecule has 72 valence electrons. The molecule has 0 aromatic carbocycles. The van der Waals surface area contributed by atoms with Gasteiger partial charge in [-0.15, -0.1) is 0 Å². The Kier molecular flexibility index (Phi) is 6.60. The topological polar surface area (TPSA) is 30.2 Å². The normalized spacial score (nSPS) is 9.46. The molecule has 0 aliphatic heterocycles. The molecule has 0 atom stereocenters. The molecule has 0 N–H and O–H groups in total. The minimum Gasteiger partial charge on any atom is -0.469 e. The Morgan fingerprint density at radius 3 is 2.69 bits per heavy atom. The van der Waals surface area contributed by atoms with Crippen molar-refractivity contribution in [1.29, 1.82) is 0 Å². The molecular weight excluding hydrogens is 164 g/mol. The van der Waals surface area contributed by atoms with Crippen LogP contribution in [0.4, 0.5) is 0 Å². The molecule has 0 unspecified atom stereocenters. The molecule has 0 amide bonds. The molecule has 0 bridgehead atoms. The highest BCUT2D eigenvalue weighted by molar-refractivity contribution is 5.87. The monoisotopic (exact) mass is 180 g/mol. The first-order valence-electron chi connectivity index (χ1n) is 4.48. The van der Waals surface area contributed by atoms with E-state index in [2.05, 4.69) is 0 Å². The highest BCUT2D eigenvalue weighted by Crippen LogP contribution is 2.00. The Hall–Kier alpha value is -1.31. The second-order valence-electron chi connectivity index (χ2n) is 2.30. The maximum atomic E-state index is 10.5. The van der Waals surface area contributed by atoms with E-state index in [4.69, 9.17) is 4.42 Å². The molecule has 2 nitrogen and oxygen atoms in total. The lowest BCUT2D eigenvalue weighted by Crippen LogP contribution is -1.81. The van der Waals surface area contributed by atoms with Crippen molar-refractivity contribution in [3.63, 3.8) is 0 Å². The van der Waals surface area contributed by atoms with Gasteiger partial charge in [-0.25, -0.2) is 0 Å². The summed E-state index contributed by atoms with van der Waals surface area (Å²) < 4.78 is 5.05. The van der Waals surface area contributed by atoms with Crippen molar-refractivity contribution < 1.29 is 9.21 Å². The number of hydrogen-bond acceptors (Lipinski definition) is 2. The van der Waals surface area contributed by atoms with Gasteiger partial charge in [-0.1, -0.05) is 19.9 Å². The summed E-state index contributed by atoms with van der Waals surface area (Å²) in [5.41, 5.74) is 0. The molecule has 0 saturated heterocycles. The van der Waals surface area contributed by atoms with Crippen molar-refractivity contribution in [2.75, 3.05) is 0 Å². The zero-order chi connectivity index (χ0) is 10.1. The van der Waals surface area contributed by atoms with E-state index in [9.17, 15) is 4.79 Å². The van der Waals surface area contributed by atoms with Crippen LogP contribution in [-0.4, -0.2) is 5.78 Å². The van der Waals surface area contributed by atoms with Crippen LogP contribution in [0, 0.1) is 0 Å². The molecule has 2 heteroatoms. The zero-order valence-electron chi connectivity index (χ0n) is 8.41. The van der Waals surface area contributed by atoms with Gasteiger partial charge in [0.2, 0.25) is 0 Å². The second kappa shape index (κ2) is 7.35. The van der Waals surface area contributed by atoms with Crippen LogP contribution in [-0.2, 0) is 11.2 Å². The van der Waals surface area contributed by atoms with Gasteiger partial charge in [-0.2, -0.15) is 0 Å². The fourth-order valence-corrected chi connectivity index (χ4v) is 0.770. The molecule has 0 fully saturated rings. The van der Waals surface area contributed by atoms with Gasteiger partial charge in [0.25, 0.3) is 0 Å². The smallest absolute Gasteiger partial charge is 0.152 e. The maximum Gasteiger partial charge on any atom is 0.152 e. The van der Waals surface area contributed by atoms with E-state index in [-0.39, 0.29) is 5.78 Å². The molecule has 0 aliphatic rings. The Labute approximate surface area is 79.3 Å². The first kappa shape index (κ1) is 11.7. The lowest BCUT2D eigenvalue weighted by atomic mass is 10.3. The molecule has 1 rings (SSSR count). The standard InChI is InChI=1S/C9H10O2.C2H6/c1-8(10)4-2-5-9-6-3-7-11-9;1-2/h2-4,6-7H,5H2,1H3;1-2H3/b4-2+;. The highest BCUT2D eigenvalue weighted by atomic mass is 16.3. The summed E-state index contributed by atoms with van der Waals surface area (Å²) in [5.74, 6) is 0.944. The number of carbonyl (C=O) groups is 1. The Morgan fingerprint density at radius 1 is 1.54 bits per heavy atom. The van der Waals surface area contributed by atoms with E-state index in [1.807, 2.05) is 26.0 Å². The van der Waals surface area contributed by atoms with Crippen molar-refractivity contribution in [3.05, 3.63) is 36.3 Å². The van der Waals surface area contributed by atoms with Crippen LogP contribution in [0.2, 0.25) is 0 Å². The number of allylic oxidation sites excluding steroid dienone is 2. The van der Waals surface area contributed by atoms with Crippen molar-refractivity contribution in [2.45, 2.75) is 27.2 Å². The van der Waals surface area contributed by atoms with Gasteiger partial charge in [0.15, 0.2) is 5.78 Å². The van der Waals surface area contributed by atoms with Crippen LogP contribution in [0.5, 0.6) is 0 Å². The van der Waals surface area contributed by atoms with Gasteiger partial charge in [-0.05, 0) is 25.1 Å². The van der Waals surface area contributed by atoms with Crippen molar-refractivity contribution >= 4 is 5.78 Å². The molecule has 0 aliphatic carbocycles. The van der Waals surface area contributed by atoms with E-state index in [0.717, 1.165) is 5.76 Å². The van der Waals surface area contributed by atoms with Crippen LogP contribution < -0.4 is 0 Å². The zero-order valence-corrected chi connectivity index (χ0v) is 8.41. The number of carbonyl (C=O) groups excluding carboxylic acids is 1. The highest BCUT2D eigenvalue weighted by Gasteiger charge is 1.89. The van der Waals surface area contributed by atoms with Crippen LogP contribution >= 0.6 is 0 Å². The SMILES string of the molecule is CC.CC(=O)/C=C/Cc1ccco1. The van der Waals surface area contributed by atoms with Crippen molar-refractivity contribution in [2.24, 2.45) is 0 Å². The van der Waals surface area contributed by atoms with Crippen molar-refractivity contribution in [1.82, 2.24) is 0 Å². The lowest BCUT2D eigenvalue weighted by Gasteiger charge is -1.85. The largest absolute Gasteiger partial charge is 0.469 e. The Morgan fingerprint density at radius 2 is 2.23 bits per heavy atom. The summed E-state index contributed by atoms with van der Waals surface area (Å²) in [5, 5.41) is 0. The van der Waals surface area contributed by atoms with Crippen LogP contribution in [0.3, 0.4) is 0 Å². The molecule has 13 heavy (non-hydrogen) atoms. The quantitative estimate of drug-likeness (QED) is 0.669. The summed E-state index contributed by atoms with van der Waals surface area (Å²) in [6.45, 7) is 5.53. The summed E-state index contributed by atoms with van der Waals surface area (Å²) in [6.07, 6.45) is 5.65. The predicted octanol–water partition coefficient (Wildman–Crippen LogP) is 2.99. The summed E-state index contributed by atoms with van der Waals surface area (Å²) in [6, 6.07) is 3.71. The van der Waals surface area contributed by atoms with Gasteiger partial charge in [-0.3, -0.25) is 4.79 Å². The van der Waals surface area contributed by atoms with E-state index in [0.29, 0.717) is 6.42 Å². The lowest BCUT2D eigenvalue weighted by molar-refractivity contribution is -0.112. The number of hydrogen-bond donors (Lipinski definition) is 0. The third-order valence-corrected chi connectivity index (χ3v) is 1.25. The minimum absolute atomic E-state index is 0.0663. The first-order valence-corrected chi connectivity index (χ1v) is 4.48. The molecule has 0 radical (unpaired) electrons. The average molecular weight is 180 g/mol. The van der Waals surface area contributed by atoms with E-state index >= 15 is 0 Å². The Balaban J connectivity index is 0.000000671. The number of ketones is 1. The molecule has 1 aromatic heterocycles. The van der Waals surface area contributed by atoms with Crippen LogP contribution in [0.15, 0.2) is 35.0 Å². The third kappa shape index (κ3) is 5.91. The van der Waals surface area contributed by atoms with Gasteiger partial charge in [0, 0.05) is 6.42 Å². The fourth-order valence-electron chi connectivity index (χ4n) is 0.770. The molecular formula is C11H16O2. The fraction of sp³-hybridized carbons (Fsp3) is 0.364. The molecule has 0 spiro atoms. The van der Waals surface area contributed by atoms with Gasteiger partial charge < -0.3 is 4.42 Å². The number of rotatable bonds is 3. The van der Waals surface area contributed by atoms with Gasteiger partial charge in [0.05, 0.1) is 6.26 Å². The summed E-state index contributed by atoms with van der Waals surface area (Å²) >= 11 is 0. The van der Waals surface area contributed by atoms with E-state index in [1.165, 1.54) is 6.92 Å². The Bertz CT molecular complexity index is 245. The molecule has 1 heterocycles. The van der Waals surface area contributed by atoms with Crippen molar-refractivity contribution in [3.8, 4) is 0 Å². The number of furan rings is 1. The summed E-state index contributed by atoms with van der Waals surface area (Å²) in [7, 11) is 0. The predicted molar refractivity (Wildman–Crippen MR) is 53.6 cm³/mol. The molecule has 0 saturated carbocycles. The second-order valence-corrected chi connectivity index (χ2v) is 2.30. The molecule has 1 aromatic rings. The van der Waals surface area contributed by atoms with Crippen LogP contribution in [0.1, 0.15) is 26.5 Å². The average Bonchev–Trinajstić information content (AvgIpc) is 2.60. The summed E-state index contributed by atoms with van der Waals surface area (Å²) in [4.78, 5) is 10.5. The first-order chi connectivity index (χ1) is 6.29. The van der Waals surface area contributed by atoms with E-state index in [1.54, 1.807) is 18.4 Å².